The summed E-state index contributed by atoms with van der Waals surface area (Å²) in [5.74, 6) is 7.02. The minimum Gasteiger partial charge on any atom is -0.308 e. The lowest BCUT2D eigenvalue weighted by Gasteiger charge is -2.06. The minimum atomic E-state index is 0.624. The normalized spacial score (nSPS) is 13.6. The van der Waals surface area contributed by atoms with Crippen molar-refractivity contribution in [2.75, 3.05) is 5.43 Å². The Hall–Kier alpha value is -2.05. The summed E-state index contributed by atoms with van der Waals surface area (Å²) in [4.78, 5) is 16.1. The molecule has 0 radical (unpaired) electrons. The molecule has 3 N–H and O–H groups in total. The molecule has 6 heteroatoms. The van der Waals surface area contributed by atoms with Crippen LogP contribution >= 0.6 is 11.3 Å². The number of nitrogens with one attached hydrogen (secondary N) is 1. The molecule has 0 amide bonds. The van der Waals surface area contributed by atoms with Gasteiger partial charge in [-0.15, -0.1) is 11.3 Å². The largest absolute Gasteiger partial charge is 0.308 e. The average molecular weight is 297 g/mol. The first-order valence-electron chi connectivity index (χ1n) is 6.98. The lowest BCUT2D eigenvalue weighted by molar-refractivity contribution is 0.917. The Labute approximate surface area is 126 Å². The van der Waals surface area contributed by atoms with Crippen molar-refractivity contribution < 1.29 is 0 Å². The average Bonchev–Trinajstić information content (AvgIpc) is 3.06. The first kappa shape index (κ1) is 12.7. The number of thiophene rings is 1. The third kappa shape index (κ3) is 1.99. The van der Waals surface area contributed by atoms with E-state index < -0.39 is 0 Å². The highest BCUT2D eigenvalue weighted by atomic mass is 32.1. The van der Waals surface area contributed by atoms with Gasteiger partial charge in [-0.25, -0.2) is 15.8 Å². The molecule has 0 saturated heterocycles. The topological polar surface area (TPSA) is 76.7 Å². The number of rotatable bonds is 2. The second-order valence-electron chi connectivity index (χ2n) is 5.30. The van der Waals surface area contributed by atoms with Crippen molar-refractivity contribution in [1.29, 1.82) is 0 Å². The first-order valence-corrected chi connectivity index (χ1v) is 7.80. The Morgan fingerprint density at radius 3 is 3.00 bits per heavy atom. The molecular formula is C15H15N5S. The fourth-order valence-electron chi connectivity index (χ4n) is 2.87. The summed E-state index contributed by atoms with van der Waals surface area (Å²) in [5, 5.41) is 1.09. The summed E-state index contributed by atoms with van der Waals surface area (Å²) in [7, 11) is 0. The van der Waals surface area contributed by atoms with Gasteiger partial charge in [-0.3, -0.25) is 4.98 Å². The molecule has 1 aliphatic rings. The van der Waals surface area contributed by atoms with Crippen LogP contribution in [0.15, 0.2) is 18.3 Å². The number of pyridine rings is 1. The van der Waals surface area contributed by atoms with Gasteiger partial charge in [0.2, 0.25) is 0 Å². The molecule has 0 saturated carbocycles. The zero-order valence-electron chi connectivity index (χ0n) is 11.7. The molecule has 3 heterocycles. The highest BCUT2D eigenvalue weighted by Gasteiger charge is 2.22. The maximum atomic E-state index is 5.69. The molecule has 0 aromatic carbocycles. The van der Waals surface area contributed by atoms with Crippen molar-refractivity contribution in [1.82, 2.24) is 15.0 Å². The van der Waals surface area contributed by atoms with Gasteiger partial charge in [0.05, 0.1) is 5.39 Å². The predicted octanol–water partition coefficient (Wildman–Crippen LogP) is 2.84. The van der Waals surface area contributed by atoms with Gasteiger partial charge in [-0.1, -0.05) is 0 Å². The highest BCUT2D eigenvalue weighted by molar-refractivity contribution is 7.19. The number of nitrogen functional groups attached to an aromatic ring is 1. The van der Waals surface area contributed by atoms with E-state index in [4.69, 9.17) is 10.8 Å². The van der Waals surface area contributed by atoms with Gasteiger partial charge >= 0.3 is 0 Å². The third-order valence-electron chi connectivity index (χ3n) is 3.85. The van der Waals surface area contributed by atoms with Gasteiger partial charge < -0.3 is 5.43 Å². The van der Waals surface area contributed by atoms with Crippen molar-refractivity contribution in [2.45, 2.75) is 26.2 Å². The van der Waals surface area contributed by atoms with Gasteiger partial charge in [-0.2, -0.15) is 0 Å². The van der Waals surface area contributed by atoms with Crippen LogP contribution < -0.4 is 11.3 Å². The summed E-state index contributed by atoms with van der Waals surface area (Å²) in [6.07, 6.45) is 5.22. The molecule has 106 valence electrons. The number of aryl methyl sites for hydroxylation is 3. The van der Waals surface area contributed by atoms with Crippen LogP contribution in [-0.4, -0.2) is 15.0 Å². The van der Waals surface area contributed by atoms with Crippen LogP contribution in [-0.2, 0) is 12.8 Å². The first-order chi connectivity index (χ1) is 10.3. The molecule has 5 nitrogen and oxygen atoms in total. The number of hydrazine groups is 1. The van der Waals surface area contributed by atoms with Crippen LogP contribution in [0.25, 0.3) is 21.7 Å². The Kier molecular flexibility index (Phi) is 2.87. The van der Waals surface area contributed by atoms with Gasteiger partial charge in [0.15, 0.2) is 11.6 Å². The summed E-state index contributed by atoms with van der Waals surface area (Å²) < 4.78 is 0. The monoisotopic (exact) mass is 297 g/mol. The van der Waals surface area contributed by atoms with E-state index in [-0.39, 0.29) is 0 Å². The fraction of sp³-hybridized carbons (Fsp3) is 0.267. The lowest BCUT2D eigenvalue weighted by atomic mass is 10.2. The fourth-order valence-corrected chi connectivity index (χ4v) is 4.13. The van der Waals surface area contributed by atoms with E-state index in [0.717, 1.165) is 34.3 Å². The van der Waals surface area contributed by atoms with Crippen molar-refractivity contribution in [3.8, 4) is 11.5 Å². The van der Waals surface area contributed by atoms with Crippen LogP contribution in [0.1, 0.15) is 22.4 Å². The maximum Gasteiger partial charge on any atom is 0.181 e. The SMILES string of the molecule is Cc1ccnc(-c2nc(NN)c3c4c(sc3n2)CCC4)c1. The molecule has 1 aliphatic carbocycles. The van der Waals surface area contributed by atoms with Crippen molar-refractivity contribution in [3.63, 3.8) is 0 Å². The Bertz CT molecular complexity index is 839. The van der Waals surface area contributed by atoms with Crippen LogP contribution in [0.2, 0.25) is 0 Å². The number of anilines is 1. The van der Waals surface area contributed by atoms with Crippen LogP contribution in [0, 0.1) is 6.92 Å². The zero-order valence-corrected chi connectivity index (χ0v) is 12.5. The summed E-state index contributed by atoms with van der Waals surface area (Å²) >= 11 is 1.75. The number of nitrogens with zero attached hydrogens (tertiary/aromatic N) is 3. The molecule has 0 unspecified atom stereocenters. The van der Waals surface area contributed by atoms with Crippen LogP contribution in [0.3, 0.4) is 0 Å². The second kappa shape index (κ2) is 4.75. The van der Waals surface area contributed by atoms with Crippen molar-refractivity contribution >= 4 is 27.4 Å². The number of hydrogen-bond donors (Lipinski definition) is 2. The summed E-state index contributed by atoms with van der Waals surface area (Å²) in [6, 6.07) is 3.95. The van der Waals surface area contributed by atoms with Crippen LogP contribution in [0.5, 0.6) is 0 Å². The molecule has 0 fully saturated rings. The summed E-state index contributed by atoms with van der Waals surface area (Å²) in [6.45, 7) is 2.03. The lowest BCUT2D eigenvalue weighted by Crippen LogP contribution is -2.10. The molecule has 0 atom stereocenters. The Morgan fingerprint density at radius 2 is 2.19 bits per heavy atom. The van der Waals surface area contributed by atoms with Crippen LogP contribution in [0.4, 0.5) is 5.82 Å². The highest BCUT2D eigenvalue weighted by Crippen LogP contribution is 2.40. The zero-order chi connectivity index (χ0) is 14.4. The maximum absolute atomic E-state index is 5.69. The third-order valence-corrected chi connectivity index (χ3v) is 5.03. The van der Waals surface area contributed by atoms with Crippen molar-refractivity contribution in [2.24, 2.45) is 5.84 Å². The number of aromatic nitrogens is 3. The molecule has 0 aliphatic heterocycles. The minimum absolute atomic E-state index is 0.624. The quantitative estimate of drug-likeness (QED) is 0.562. The standard InChI is InChI=1S/C15H15N5S/c1-8-5-6-17-10(7-8)13-18-14(20-16)12-9-3-2-4-11(9)21-15(12)19-13/h5-7H,2-4,16H2,1H3,(H,18,19,20). The summed E-state index contributed by atoms with van der Waals surface area (Å²) in [5.41, 5.74) is 6.02. The van der Waals surface area contributed by atoms with Gasteiger partial charge in [0.1, 0.15) is 10.5 Å². The van der Waals surface area contributed by atoms with Crippen molar-refractivity contribution in [3.05, 3.63) is 34.3 Å². The molecule has 3 aromatic rings. The molecule has 0 spiro atoms. The number of hydrogen-bond acceptors (Lipinski definition) is 6. The van der Waals surface area contributed by atoms with Gasteiger partial charge in [0, 0.05) is 11.1 Å². The van der Waals surface area contributed by atoms with E-state index in [1.165, 1.54) is 16.9 Å². The molecular weight excluding hydrogens is 282 g/mol. The molecule has 21 heavy (non-hydrogen) atoms. The molecule has 4 rings (SSSR count). The molecule has 3 aromatic heterocycles. The smallest absolute Gasteiger partial charge is 0.181 e. The number of nitrogens with two attached hydrogens (primary N) is 1. The van der Waals surface area contributed by atoms with E-state index in [1.54, 1.807) is 17.5 Å². The predicted molar refractivity (Wildman–Crippen MR) is 85.2 cm³/mol. The van der Waals surface area contributed by atoms with Gasteiger partial charge in [0.25, 0.3) is 0 Å². The van der Waals surface area contributed by atoms with E-state index >= 15 is 0 Å². The second-order valence-corrected chi connectivity index (χ2v) is 6.38. The van der Waals surface area contributed by atoms with E-state index in [1.807, 2.05) is 19.1 Å². The van der Waals surface area contributed by atoms with Gasteiger partial charge in [-0.05, 0) is 49.4 Å². The van der Waals surface area contributed by atoms with E-state index in [2.05, 4.69) is 15.4 Å². The van der Waals surface area contributed by atoms with E-state index in [9.17, 15) is 0 Å². The molecule has 0 bridgehead atoms. The Morgan fingerprint density at radius 1 is 1.29 bits per heavy atom. The number of fused-ring (bicyclic) bond motifs is 3. The van der Waals surface area contributed by atoms with E-state index in [0.29, 0.717) is 11.6 Å². The Balaban J connectivity index is 1.96.